The smallest absolute Gasteiger partial charge is 0.228 e. The molecule has 7 heteroatoms. The minimum atomic E-state index is 0.117. The first-order chi connectivity index (χ1) is 14.6. The van der Waals surface area contributed by atoms with Crippen LogP contribution >= 0.6 is 11.6 Å². The predicted octanol–water partition coefficient (Wildman–Crippen LogP) is 4.03. The average Bonchev–Trinajstić information content (AvgIpc) is 3.21. The summed E-state index contributed by atoms with van der Waals surface area (Å²) in [6, 6.07) is 15.3. The summed E-state index contributed by atoms with van der Waals surface area (Å²) in [4.78, 5) is 24.7. The fourth-order valence-electron chi connectivity index (χ4n) is 3.66. The first-order valence-electron chi connectivity index (χ1n) is 9.86. The standard InChI is InChI=1S/C23H22ClN5O/c1-25-20-7-5-18(6-8-20)16-29-17-26-15-22(29)14-23(30)28-11-9-27(10-12-28)21-4-2-3-19(24)13-21/h2-8,13,15,17H,9-12,14,16H2. The molecule has 1 amide bonds. The van der Waals surface area contributed by atoms with Gasteiger partial charge in [-0.05, 0) is 23.8 Å². The van der Waals surface area contributed by atoms with Gasteiger partial charge in [0.2, 0.25) is 5.91 Å². The Kier molecular flexibility index (Phi) is 6.01. The van der Waals surface area contributed by atoms with Gasteiger partial charge in [-0.2, -0.15) is 0 Å². The first-order valence-corrected chi connectivity index (χ1v) is 10.2. The van der Waals surface area contributed by atoms with Crippen LogP contribution < -0.4 is 4.90 Å². The van der Waals surface area contributed by atoms with Gasteiger partial charge in [-0.1, -0.05) is 41.9 Å². The maximum atomic E-state index is 12.9. The minimum absolute atomic E-state index is 0.117. The second kappa shape index (κ2) is 9.02. The molecule has 4 rings (SSSR count). The van der Waals surface area contributed by atoms with Crippen molar-refractivity contribution in [1.82, 2.24) is 14.5 Å². The lowest BCUT2D eigenvalue weighted by Crippen LogP contribution is -2.49. The van der Waals surface area contributed by atoms with Gasteiger partial charge in [0, 0.05) is 55.3 Å². The summed E-state index contributed by atoms with van der Waals surface area (Å²) in [5.74, 6) is 0.117. The normalized spacial score (nSPS) is 13.9. The van der Waals surface area contributed by atoms with Crippen LogP contribution in [-0.2, 0) is 17.8 Å². The van der Waals surface area contributed by atoms with Crippen LogP contribution in [0.4, 0.5) is 11.4 Å². The van der Waals surface area contributed by atoms with Gasteiger partial charge in [0.15, 0.2) is 5.69 Å². The molecule has 1 aromatic heterocycles. The second-order valence-corrected chi connectivity index (χ2v) is 7.75. The SMILES string of the molecule is [C-]#[N+]c1ccc(Cn2cncc2CC(=O)N2CCN(c3cccc(Cl)c3)CC2)cc1. The summed E-state index contributed by atoms with van der Waals surface area (Å²) in [6.07, 6.45) is 3.84. The molecule has 0 unspecified atom stereocenters. The van der Waals surface area contributed by atoms with Gasteiger partial charge in [0.25, 0.3) is 0 Å². The van der Waals surface area contributed by atoms with Crippen molar-refractivity contribution in [3.05, 3.63) is 88.8 Å². The lowest BCUT2D eigenvalue weighted by molar-refractivity contribution is -0.130. The lowest BCUT2D eigenvalue weighted by Gasteiger charge is -2.36. The summed E-state index contributed by atoms with van der Waals surface area (Å²) in [6.45, 7) is 10.6. The van der Waals surface area contributed by atoms with E-state index in [0.29, 0.717) is 31.7 Å². The Morgan fingerprint density at radius 1 is 1.10 bits per heavy atom. The zero-order chi connectivity index (χ0) is 20.9. The van der Waals surface area contributed by atoms with Crippen molar-refractivity contribution in [3.63, 3.8) is 0 Å². The highest BCUT2D eigenvalue weighted by Gasteiger charge is 2.22. The molecule has 2 aromatic carbocycles. The van der Waals surface area contributed by atoms with Crippen LogP contribution in [0.5, 0.6) is 0 Å². The maximum Gasteiger partial charge on any atom is 0.228 e. The molecule has 0 spiro atoms. The largest absolute Gasteiger partial charge is 0.368 e. The van der Waals surface area contributed by atoms with Crippen LogP contribution in [0, 0.1) is 6.57 Å². The van der Waals surface area contributed by atoms with Crippen molar-refractivity contribution in [2.75, 3.05) is 31.1 Å². The number of aromatic nitrogens is 2. The fraction of sp³-hybridized carbons (Fsp3) is 0.261. The summed E-state index contributed by atoms with van der Waals surface area (Å²) in [7, 11) is 0. The Bertz CT molecular complexity index is 1060. The van der Waals surface area contributed by atoms with Crippen LogP contribution in [0.3, 0.4) is 0 Å². The van der Waals surface area contributed by atoms with E-state index >= 15 is 0 Å². The van der Waals surface area contributed by atoms with Gasteiger partial charge in [-0.25, -0.2) is 9.83 Å². The highest BCUT2D eigenvalue weighted by Crippen LogP contribution is 2.21. The number of amides is 1. The van der Waals surface area contributed by atoms with Crippen molar-refractivity contribution >= 4 is 28.9 Å². The molecule has 0 atom stereocenters. The average molecular weight is 420 g/mol. The number of imidazole rings is 1. The van der Waals surface area contributed by atoms with Crippen molar-refractivity contribution in [3.8, 4) is 0 Å². The Morgan fingerprint density at radius 2 is 1.87 bits per heavy atom. The van der Waals surface area contributed by atoms with E-state index in [4.69, 9.17) is 18.2 Å². The van der Waals surface area contributed by atoms with E-state index in [9.17, 15) is 4.79 Å². The van der Waals surface area contributed by atoms with Crippen molar-refractivity contribution < 1.29 is 4.79 Å². The molecule has 1 aliphatic heterocycles. The molecule has 0 saturated carbocycles. The molecule has 152 valence electrons. The van der Waals surface area contributed by atoms with Crippen LogP contribution in [0.15, 0.2) is 61.1 Å². The molecule has 6 nitrogen and oxygen atoms in total. The number of rotatable bonds is 5. The number of carbonyl (C=O) groups is 1. The molecule has 0 bridgehead atoms. The molecule has 1 saturated heterocycles. The quantitative estimate of drug-likeness (QED) is 0.586. The topological polar surface area (TPSA) is 45.7 Å². The molecule has 3 aromatic rings. The summed E-state index contributed by atoms with van der Waals surface area (Å²) >= 11 is 6.10. The van der Waals surface area contributed by atoms with Gasteiger partial charge in [-0.15, -0.1) is 0 Å². The van der Waals surface area contributed by atoms with E-state index in [1.807, 2.05) is 58.0 Å². The van der Waals surface area contributed by atoms with E-state index in [0.717, 1.165) is 35.1 Å². The number of hydrogen-bond donors (Lipinski definition) is 0. The van der Waals surface area contributed by atoms with E-state index in [1.54, 1.807) is 12.5 Å². The van der Waals surface area contributed by atoms with E-state index < -0.39 is 0 Å². The number of carbonyl (C=O) groups excluding carboxylic acids is 1. The number of halogens is 1. The molecule has 0 aliphatic carbocycles. The van der Waals surface area contributed by atoms with Crippen molar-refractivity contribution in [2.24, 2.45) is 0 Å². The van der Waals surface area contributed by atoms with E-state index in [1.165, 1.54) is 0 Å². The Morgan fingerprint density at radius 3 is 2.57 bits per heavy atom. The third kappa shape index (κ3) is 4.64. The molecule has 30 heavy (non-hydrogen) atoms. The Labute approximate surface area is 181 Å². The lowest BCUT2D eigenvalue weighted by atomic mass is 10.2. The molecule has 1 aliphatic rings. The highest BCUT2D eigenvalue weighted by atomic mass is 35.5. The second-order valence-electron chi connectivity index (χ2n) is 7.32. The van der Waals surface area contributed by atoms with Gasteiger partial charge in [-0.3, -0.25) is 4.79 Å². The van der Waals surface area contributed by atoms with Gasteiger partial charge >= 0.3 is 0 Å². The highest BCUT2D eigenvalue weighted by molar-refractivity contribution is 6.30. The molecular formula is C23H22ClN5O. The van der Waals surface area contributed by atoms with Crippen LogP contribution in [-0.4, -0.2) is 46.5 Å². The van der Waals surface area contributed by atoms with Crippen LogP contribution in [0.2, 0.25) is 5.02 Å². The molecule has 1 fully saturated rings. The van der Waals surface area contributed by atoms with Gasteiger partial charge < -0.3 is 14.4 Å². The third-order valence-corrected chi connectivity index (χ3v) is 5.59. The summed E-state index contributed by atoms with van der Waals surface area (Å²) < 4.78 is 1.99. The maximum absolute atomic E-state index is 12.9. The molecular weight excluding hydrogens is 398 g/mol. The Balaban J connectivity index is 1.35. The van der Waals surface area contributed by atoms with E-state index in [2.05, 4.69) is 14.7 Å². The predicted molar refractivity (Wildman–Crippen MR) is 118 cm³/mol. The number of piperazine rings is 1. The fourth-order valence-corrected chi connectivity index (χ4v) is 3.85. The number of hydrogen-bond acceptors (Lipinski definition) is 3. The molecule has 0 N–H and O–H groups in total. The minimum Gasteiger partial charge on any atom is -0.368 e. The first kappa shape index (κ1) is 20.0. The number of benzene rings is 2. The zero-order valence-electron chi connectivity index (χ0n) is 16.5. The van der Waals surface area contributed by atoms with Crippen LogP contribution in [0.25, 0.3) is 4.85 Å². The molecule has 0 radical (unpaired) electrons. The Hall–Kier alpha value is -3.30. The monoisotopic (exact) mass is 419 g/mol. The summed E-state index contributed by atoms with van der Waals surface area (Å²) in [5.41, 5.74) is 3.68. The number of anilines is 1. The van der Waals surface area contributed by atoms with Crippen molar-refractivity contribution in [2.45, 2.75) is 13.0 Å². The zero-order valence-corrected chi connectivity index (χ0v) is 17.3. The molecule has 2 heterocycles. The number of nitrogens with zero attached hydrogens (tertiary/aromatic N) is 5. The summed E-state index contributed by atoms with van der Waals surface area (Å²) in [5, 5.41) is 0.725. The van der Waals surface area contributed by atoms with Gasteiger partial charge in [0.05, 0.1) is 19.3 Å². The third-order valence-electron chi connectivity index (χ3n) is 5.35. The van der Waals surface area contributed by atoms with Crippen molar-refractivity contribution in [1.29, 1.82) is 0 Å². The van der Waals surface area contributed by atoms with E-state index in [-0.39, 0.29) is 5.91 Å². The van der Waals surface area contributed by atoms with Gasteiger partial charge in [0.1, 0.15) is 0 Å². The van der Waals surface area contributed by atoms with Crippen LogP contribution in [0.1, 0.15) is 11.3 Å².